The third kappa shape index (κ3) is 9.91. The summed E-state index contributed by atoms with van der Waals surface area (Å²) in [5, 5.41) is 14.4. The van der Waals surface area contributed by atoms with E-state index in [1.807, 2.05) is 28.1 Å². The van der Waals surface area contributed by atoms with Gasteiger partial charge < -0.3 is 19.7 Å². The van der Waals surface area contributed by atoms with Crippen LogP contribution in [0.15, 0.2) is 0 Å². The first-order chi connectivity index (χ1) is 11.2. The number of unbranched alkanes of at least 4 members (excludes halogenated alkanes) is 7. The van der Waals surface area contributed by atoms with Crippen molar-refractivity contribution in [1.29, 1.82) is 0 Å². The third-order valence-corrected chi connectivity index (χ3v) is 4.50. The molecule has 24 heavy (non-hydrogen) atoms. The minimum atomic E-state index is -1.11. The molecule has 0 heterocycles. The van der Waals surface area contributed by atoms with Gasteiger partial charge in [0.2, 0.25) is 5.91 Å². The number of aliphatic carboxylic acids is 1. The number of nitrogens with zero attached hydrogens (tertiary/aromatic N) is 1. The minimum absolute atomic E-state index is 0.0486. The first-order valence-electron chi connectivity index (χ1n) is 9.55. The quantitative estimate of drug-likeness (QED) is 0.389. The summed E-state index contributed by atoms with van der Waals surface area (Å²) in [6, 6.07) is -1.13. The monoisotopic (exact) mass is 342 g/mol. The molecule has 142 valence electrons. The van der Waals surface area contributed by atoms with Gasteiger partial charge in [-0.05, 0) is 12.8 Å². The molecule has 0 aromatic carbocycles. The van der Waals surface area contributed by atoms with E-state index in [0.717, 1.165) is 12.8 Å². The summed E-state index contributed by atoms with van der Waals surface area (Å²) >= 11 is 0. The van der Waals surface area contributed by atoms with Gasteiger partial charge in [-0.15, -0.1) is 0 Å². The topological polar surface area (TPSA) is 69.2 Å². The van der Waals surface area contributed by atoms with Crippen LogP contribution in [0, 0.1) is 0 Å². The van der Waals surface area contributed by atoms with E-state index in [9.17, 15) is 14.7 Å². The van der Waals surface area contributed by atoms with Gasteiger partial charge in [-0.1, -0.05) is 58.8 Å². The maximum absolute atomic E-state index is 12.1. The fourth-order valence-corrected chi connectivity index (χ4v) is 3.12. The molecule has 0 aromatic heterocycles. The summed E-state index contributed by atoms with van der Waals surface area (Å²) in [6.45, 7) is 4.11. The van der Waals surface area contributed by atoms with Crippen LogP contribution in [0.4, 0.5) is 0 Å². The Kier molecular flexibility index (Phi) is 11.7. The summed E-state index contributed by atoms with van der Waals surface area (Å²) < 4.78 is 0.235. The van der Waals surface area contributed by atoms with E-state index in [1.165, 1.54) is 38.5 Å². The van der Waals surface area contributed by atoms with Gasteiger partial charge in [0.1, 0.15) is 12.0 Å². The van der Waals surface area contributed by atoms with Gasteiger partial charge in [-0.3, -0.25) is 4.79 Å². The van der Waals surface area contributed by atoms with Crippen molar-refractivity contribution < 1.29 is 19.2 Å². The lowest BCUT2D eigenvalue weighted by Gasteiger charge is -2.39. The van der Waals surface area contributed by atoms with E-state index in [4.69, 9.17) is 0 Å². The highest BCUT2D eigenvalue weighted by atomic mass is 16.4. The number of rotatable bonds is 14. The summed E-state index contributed by atoms with van der Waals surface area (Å²) in [6.07, 6.45) is 10.6. The van der Waals surface area contributed by atoms with Crippen molar-refractivity contribution >= 4 is 11.9 Å². The molecule has 0 spiro atoms. The molecule has 1 N–H and O–H groups in total. The van der Waals surface area contributed by atoms with Gasteiger partial charge in [-0.25, -0.2) is 0 Å². The van der Waals surface area contributed by atoms with Crippen LogP contribution in [0.2, 0.25) is 0 Å². The lowest BCUT2D eigenvalue weighted by molar-refractivity contribution is -0.890. The number of hydrogen-bond donors (Lipinski definition) is 1. The standard InChI is InChI=1S/C19H38N2O3/c1-6-8-9-10-11-12-13-14-15-17(22)20-16(7-2)18(19(23)24)21(3,4)5/h16,18H,6-15H2,1-5H3,(H-,20,22,23,24). The largest absolute Gasteiger partial charge is 0.544 e. The Labute approximate surface area is 148 Å². The molecule has 5 heteroatoms. The van der Waals surface area contributed by atoms with Crippen LogP contribution in [0.5, 0.6) is 0 Å². The van der Waals surface area contributed by atoms with Crippen LogP contribution in [0.1, 0.15) is 78.1 Å². The van der Waals surface area contributed by atoms with Crippen LogP contribution in [-0.4, -0.2) is 49.6 Å². The molecule has 0 aliphatic rings. The van der Waals surface area contributed by atoms with Crippen LogP contribution >= 0.6 is 0 Å². The van der Waals surface area contributed by atoms with E-state index in [1.54, 1.807) is 0 Å². The van der Waals surface area contributed by atoms with E-state index in [2.05, 4.69) is 12.2 Å². The maximum Gasteiger partial charge on any atom is 0.220 e. The lowest BCUT2D eigenvalue weighted by atomic mass is 10.0. The number of carboxylic acid groups (broad SMARTS) is 1. The number of carbonyl (C=O) groups excluding carboxylic acids is 2. The molecule has 2 atom stereocenters. The Morgan fingerprint density at radius 2 is 1.42 bits per heavy atom. The van der Waals surface area contributed by atoms with E-state index >= 15 is 0 Å². The predicted octanol–water partition coefficient (Wildman–Crippen LogP) is 2.24. The highest BCUT2D eigenvalue weighted by Crippen LogP contribution is 2.12. The molecule has 0 fully saturated rings. The Bertz CT molecular complexity index is 364. The molecule has 0 aliphatic carbocycles. The number of carboxylic acids is 1. The number of amides is 1. The zero-order valence-electron chi connectivity index (χ0n) is 16.4. The van der Waals surface area contributed by atoms with Gasteiger partial charge in [0.15, 0.2) is 0 Å². The molecule has 0 bridgehead atoms. The molecule has 1 amide bonds. The lowest BCUT2D eigenvalue weighted by Crippen LogP contribution is -2.64. The Morgan fingerprint density at radius 1 is 0.917 bits per heavy atom. The fraction of sp³-hybridized carbons (Fsp3) is 0.895. The molecule has 0 rings (SSSR count). The highest BCUT2D eigenvalue weighted by molar-refractivity contribution is 5.78. The SMILES string of the molecule is CCCCCCCCCCC(=O)NC(CC)C(C(=O)[O-])[N+](C)(C)C. The van der Waals surface area contributed by atoms with Crippen molar-refractivity contribution in [2.24, 2.45) is 0 Å². The van der Waals surface area contributed by atoms with Crippen LogP contribution in [0.3, 0.4) is 0 Å². The zero-order chi connectivity index (χ0) is 18.6. The average molecular weight is 343 g/mol. The normalized spacial score (nSPS) is 14.2. The third-order valence-electron chi connectivity index (χ3n) is 4.50. The van der Waals surface area contributed by atoms with Gasteiger partial charge >= 0.3 is 0 Å². The zero-order valence-corrected chi connectivity index (χ0v) is 16.4. The summed E-state index contributed by atoms with van der Waals surface area (Å²) in [5.74, 6) is -1.16. The number of likely N-dealkylation sites (N-methyl/N-ethyl adjacent to an activating group) is 1. The number of carbonyl (C=O) groups is 2. The van der Waals surface area contributed by atoms with Crippen LogP contribution < -0.4 is 10.4 Å². The predicted molar refractivity (Wildman–Crippen MR) is 96.3 cm³/mol. The second-order valence-electron chi connectivity index (χ2n) is 7.69. The summed E-state index contributed by atoms with van der Waals surface area (Å²) in [7, 11) is 5.44. The van der Waals surface area contributed by atoms with Crippen molar-refractivity contribution in [3.05, 3.63) is 0 Å². The number of quaternary nitrogens is 1. The van der Waals surface area contributed by atoms with Crippen molar-refractivity contribution in [3.8, 4) is 0 Å². The molecule has 0 saturated heterocycles. The molecule has 2 unspecified atom stereocenters. The van der Waals surface area contributed by atoms with Crippen molar-refractivity contribution in [1.82, 2.24) is 5.32 Å². The summed E-state index contributed by atoms with van der Waals surface area (Å²) in [5.41, 5.74) is 0. The smallest absolute Gasteiger partial charge is 0.220 e. The average Bonchev–Trinajstić information content (AvgIpc) is 2.47. The molecular formula is C19H38N2O3. The van der Waals surface area contributed by atoms with Gasteiger partial charge in [0, 0.05) is 6.42 Å². The van der Waals surface area contributed by atoms with Gasteiger partial charge in [-0.2, -0.15) is 0 Å². The minimum Gasteiger partial charge on any atom is -0.544 e. The second kappa shape index (κ2) is 12.3. The van der Waals surface area contributed by atoms with Crippen molar-refractivity contribution in [2.75, 3.05) is 21.1 Å². The Balaban J connectivity index is 4.12. The van der Waals surface area contributed by atoms with Crippen LogP contribution in [-0.2, 0) is 9.59 Å². The highest BCUT2D eigenvalue weighted by Gasteiger charge is 2.33. The van der Waals surface area contributed by atoms with Crippen LogP contribution in [0.25, 0.3) is 0 Å². The Hall–Kier alpha value is -1.10. The van der Waals surface area contributed by atoms with Crippen molar-refractivity contribution in [3.63, 3.8) is 0 Å². The van der Waals surface area contributed by atoms with E-state index < -0.39 is 18.1 Å². The molecule has 0 aliphatic heterocycles. The second-order valence-corrected chi connectivity index (χ2v) is 7.69. The summed E-state index contributed by atoms with van der Waals surface area (Å²) in [4.78, 5) is 23.6. The van der Waals surface area contributed by atoms with Crippen molar-refractivity contribution in [2.45, 2.75) is 90.1 Å². The number of hydrogen-bond acceptors (Lipinski definition) is 3. The maximum atomic E-state index is 12.1. The first-order valence-corrected chi connectivity index (χ1v) is 9.55. The molecule has 0 aromatic rings. The fourth-order valence-electron chi connectivity index (χ4n) is 3.12. The van der Waals surface area contributed by atoms with E-state index in [0.29, 0.717) is 12.8 Å². The molecule has 5 nitrogen and oxygen atoms in total. The molecule has 0 saturated carbocycles. The van der Waals surface area contributed by atoms with Gasteiger partial charge in [0.05, 0.1) is 27.2 Å². The molecular weight excluding hydrogens is 304 g/mol. The molecule has 0 radical (unpaired) electrons. The number of nitrogens with one attached hydrogen (secondary N) is 1. The van der Waals surface area contributed by atoms with Gasteiger partial charge in [0.25, 0.3) is 0 Å². The van der Waals surface area contributed by atoms with E-state index in [-0.39, 0.29) is 10.4 Å². The first kappa shape index (κ1) is 22.9. The Morgan fingerprint density at radius 3 is 1.83 bits per heavy atom.